The van der Waals surface area contributed by atoms with Gasteiger partial charge in [-0.3, -0.25) is 4.79 Å². The van der Waals surface area contributed by atoms with Crippen LogP contribution in [0.1, 0.15) is 34.7 Å². The molecule has 0 saturated carbocycles. The highest BCUT2D eigenvalue weighted by atomic mass is 16.5. The second-order valence-electron chi connectivity index (χ2n) is 7.30. The fraction of sp³-hybridized carbons (Fsp3) is 0.261. The van der Waals surface area contributed by atoms with E-state index in [1.54, 1.807) is 43.3 Å². The minimum atomic E-state index is -1.17. The van der Waals surface area contributed by atoms with Crippen LogP contribution in [0.4, 0.5) is 0 Å². The molecule has 1 aliphatic rings. The third-order valence-electron chi connectivity index (χ3n) is 5.38. The molecule has 154 valence electrons. The first-order chi connectivity index (χ1) is 14.5. The molecule has 1 heterocycles. The van der Waals surface area contributed by atoms with Crippen molar-refractivity contribution in [2.45, 2.75) is 32.2 Å². The average Bonchev–Trinajstić information content (AvgIpc) is 3.23. The van der Waals surface area contributed by atoms with Crippen molar-refractivity contribution in [2.24, 2.45) is 0 Å². The van der Waals surface area contributed by atoms with Gasteiger partial charge in [0.15, 0.2) is 12.6 Å². The summed E-state index contributed by atoms with van der Waals surface area (Å²) in [6.07, 6.45) is 2.51. The Morgan fingerprint density at radius 2 is 1.87 bits per heavy atom. The molecule has 2 aromatic carbocycles. The van der Waals surface area contributed by atoms with Crippen LogP contribution in [0.5, 0.6) is 5.75 Å². The average molecular weight is 407 g/mol. The second kappa shape index (κ2) is 8.02. The Hall–Kier alpha value is -3.61. The molecule has 1 aromatic heterocycles. The van der Waals surface area contributed by atoms with Crippen LogP contribution in [0.25, 0.3) is 11.0 Å². The van der Waals surface area contributed by atoms with E-state index in [0.717, 1.165) is 35.8 Å². The van der Waals surface area contributed by atoms with Gasteiger partial charge in [-0.1, -0.05) is 30.3 Å². The third kappa shape index (κ3) is 3.66. The van der Waals surface area contributed by atoms with Crippen LogP contribution in [-0.2, 0) is 22.4 Å². The fourth-order valence-corrected chi connectivity index (χ4v) is 3.90. The van der Waals surface area contributed by atoms with Gasteiger partial charge in [0.1, 0.15) is 11.3 Å². The molecule has 3 aromatic rings. The Morgan fingerprint density at radius 3 is 2.60 bits per heavy atom. The standard InChI is InChI=1S/C23H21NO6/c1-13-18(11-10-16-15-8-5-9-17(15)23(28)30-21(13)16)29-12-19(25)24-20(22(26)27)14-6-3-2-4-7-14/h2-4,6-7,10-11,20H,5,8-9,12H2,1H3,(H,24,25)(H,26,27)/t20-/m0/s1. The van der Waals surface area contributed by atoms with E-state index < -0.39 is 17.9 Å². The zero-order valence-electron chi connectivity index (χ0n) is 16.4. The molecule has 1 atom stereocenters. The van der Waals surface area contributed by atoms with Gasteiger partial charge >= 0.3 is 11.6 Å². The molecule has 7 heteroatoms. The van der Waals surface area contributed by atoms with Gasteiger partial charge in [-0.25, -0.2) is 9.59 Å². The van der Waals surface area contributed by atoms with E-state index in [4.69, 9.17) is 9.15 Å². The Balaban J connectivity index is 1.51. The summed E-state index contributed by atoms with van der Waals surface area (Å²) in [5, 5.41) is 12.8. The Kier molecular flexibility index (Phi) is 5.27. The zero-order valence-corrected chi connectivity index (χ0v) is 16.4. The Labute approximate surface area is 172 Å². The number of ether oxygens (including phenoxy) is 1. The summed E-state index contributed by atoms with van der Waals surface area (Å²) in [6, 6.07) is 10.9. The molecule has 1 amide bonds. The van der Waals surface area contributed by atoms with Gasteiger partial charge in [0.05, 0.1) is 0 Å². The summed E-state index contributed by atoms with van der Waals surface area (Å²) in [6.45, 7) is 1.40. The molecule has 0 fully saturated rings. The third-order valence-corrected chi connectivity index (χ3v) is 5.38. The normalized spacial score (nSPS) is 13.6. The summed E-state index contributed by atoms with van der Waals surface area (Å²) in [5.74, 6) is -1.32. The predicted molar refractivity (Wildman–Crippen MR) is 110 cm³/mol. The number of aryl methyl sites for hydroxylation is 2. The van der Waals surface area contributed by atoms with Gasteiger partial charge in [0, 0.05) is 16.5 Å². The molecular formula is C23H21NO6. The molecular weight excluding hydrogens is 386 g/mol. The van der Waals surface area contributed by atoms with E-state index in [0.29, 0.717) is 22.5 Å². The van der Waals surface area contributed by atoms with E-state index in [-0.39, 0.29) is 12.2 Å². The van der Waals surface area contributed by atoms with Crippen molar-refractivity contribution < 1.29 is 23.8 Å². The molecule has 30 heavy (non-hydrogen) atoms. The summed E-state index contributed by atoms with van der Waals surface area (Å²) in [7, 11) is 0. The number of hydrogen-bond acceptors (Lipinski definition) is 5. The molecule has 0 radical (unpaired) electrons. The first-order valence-electron chi connectivity index (χ1n) is 9.74. The summed E-state index contributed by atoms with van der Waals surface area (Å²) in [5.41, 5.74) is 3.02. The molecule has 2 N–H and O–H groups in total. The maximum absolute atomic E-state index is 12.3. The quantitative estimate of drug-likeness (QED) is 0.609. The first-order valence-corrected chi connectivity index (χ1v) is 9.74. The first kappa shape index (κ1) is 19.7. The molecule has 0 unspecified atom stereocenters. The van der Waals surface area contributed by atoms with E-state index in [9.17, 15) is 19.5 Å². The number of amides is 1. The minimum absolute atomic E-state index is 0.319. The van der Waals surface area contributed by atoms with E-state index in [2.05, 4.69) is 5.32 Å². The smallest absolute Gasteiger partial charge is 0.339 e. The largest absolute Gasteiger partial charge is 0.483 e. The summed E-state index contributed by atoms with van der Waals surface area (Å²) >= 11 is 0. The van der Waals surface area contributed by atoms with Crippen LogP contribution in [-0.4, -0.2) is 23.6 Å². The zero-order chi connectivity index (χ0) is 21.3. The molecule has 7 nitrogen and oxygen atoms in total. The minimum Gasteiger partial charge on any atom is -0.483 e. The lowest BCUT2D eigenvalue weighted by Gasteiger charge is -2.16. The summed E-state index contributed by atoms with van der Waals surface area (Å²) in [4.78, 5) is 36.1. The number of benzene rings is 2. The number of aliphatic carboxylic acids is 1. The second-order valence-corrected chi connectivity index (χ2v) is 7.30. The van der Waals surface area contributed by atoms with Gasteiger partial charge in [0.2, 0.25) is 0 Å². The highest BCUT2D eigenvalue weighted by Gasteiger charge is 2.23. The lowest BCUT2D eigenvalue weighted by Crippen LogP contribution is -2.36. The molecule has 0 spiro atoms. The van der Waals surface area contributed by atoms with Crippen LogP contribution in [0.15, 0.2) is 51.7 Å². The highest BCUT2D eigenvalue weighted by Crippen LogP contribution is 2.33. The van der Waals surface area contributed by atoms with Gasteiger partial charge in [-0.15, -0.1) is 0 Å². The number of fused-ring (bicyclic) bond motifs is 3. The number of carboxylic acids is 1. The SMILES string of the molecule is Cc1c(OCC(=O)N[C@H](C(=O)O)c2ccccc2)ccc2c3c(c(=O)oc12)CCC3. The van der Waals surface area contributed by atoms with Gasteiger partial charge in [-0.05, 0) is 49.4 Å². The monoisotopic (exact) mass is 407 g/mol. The molecule has 0 aliphatic heterocycles. The maximum Gasteiger partial charge on any atom is 0.339 e. The van der Waals surface area contributed by atoms with Crippen molar-refractivity contribution in [3.05, 3.63) is 75.1 Å². The number of rotatable bonds is 6. The number of nitrogens with one attached hydrogen (secondary N) is 1. The number of carbonyl (C=O) groups excluding carboxylic acids is 1. The van der Waals surface area contributed by atoms with E-state index >= 15 is 0 Å². The van der Waals surface area contributed by atoms with Crippen LogP contribution < -0.4 is 15.7 Å². The van der Waals surface area contributed by atoms with Crippen LogP contribution in [0.2, 0.25) is 0 Å². The highest BCUT2D eigenvalue weighted by molar-refractivity contribution is 5.87. The van der Waals surface area contributed by atoms with Gasteiger partial charge in [-0.2, -0.15) is 0 Å². The molecule has 0 bridgehead atoms. The number of hydrogen-bond donors (Lipinski definition) is 2. The van der Waals surface area contributed by atoms with Crippen LogP contribution in [0, 0.1) is 6.92 Å². The van der Waals surface area contributed by atoms with Crippen molar-refractivity contribution in [3.8, 4) is 5.75 Å². The maximum atomic E-state index is 12.3. The van der Waals surface area contributed by atoms with Crippen molar-refractivity contribution in [3.63, 3.8) is 0 Å². The summed E-state index contributed by atoms with van der Waals surface area (Å²) < 4.78 is 11.1. The fourth-order valence-electron chi connectivity index (χ4n) is 3.90. The van der Waals surface area contributed by atoms with Crippen LogP contribution in [0.3, 0.4) is 0 Å². The lowest BCUT2D eigenvalue weighted by molar-refractivity contribution is -0.142. The number of carboxylic acid groups (broad SMARTS) is 1. The van der Waals surface area contributed by atoms with Gasteiger partial charge < -0.3 is 19.6 Å². The van der Waals surface area contributed by atoms with E-state index in [1.165, 1.54) is 0 Å². The molecule has 0 saturated heterocycles. The number of carbonyl (C=O) groups is 2. The Bertz CT molecular complexity index is 1180. The van der Waals surface area contributed by atoms with E-state index in [1.807, 2.05) is 6.07 Å². The Morgan fingerprint density at radius 1 is 1.13 bits per heavy atom. The molecule has 4 rings (SSSR count). The van der Waals surface area contributed by atoms with Crippen molar-refractivity contribution in [1.82, 2.24) is 5.32 Å². The topological polar surface area (TPSA) is 106 Å². The van der Waals surface area contributed by atoms with Gasteiger partial charge in [0.25, 0.3) is 5.91 Å². The van der Waals surface area contributed by atoms with Crippen molar-refractivity contribution in [2.75, 3.05) is 6.61 Å². The van der Waals surface area contributed by atoms with Crippen molar-refractivity contribution in [1.29, 1.82) is 0 Å². The lowest BCUT2D eigenvalue weighted by atomic mass is 10.0. The molecule has 1 aliphatic carbocycles. The predicted octanol–water partition coefficient (Wildman–Crippen LogP) is 2.91. The van der Waals surface area contributed by atoms with Crippen molar-refractivity contribution >= 4 is 22.8 Å². The van der Waals surface area contributed by atoms with Crippen LogP contribution >= 0.6 is 0 Å².